The molecular weight excluding hydrogens is 266 g/mol. The number of hydrogen-bond acceptors (Lipinski definition) is 2. The molecule has 0 bridgehead atoms. The fourth-order valence-electron chi connectivity index (χ4n) is 1.82. The number of rotatable bonds is 4. The van der Waals surface area contributed by atoms with Crippen molar-refractivity contribution in [2.75, 3.05) is 11.9 Å². The third kappa shape index (κ3) is 4.08. The Labute approximate surface area is 124 Å². The van der Waals surface area contributed by atoms with Crippen molar-refractivity contribution in [1.29, 1.82) is 5.26 Å². The Balaban J connectivity index is 1.83. The first kappa shape index (κ1) is 14.0. The summed E-state index contributed by atoms with van der Waals surface area (Å²) >= 11 is 5.23. The Bertz CT molecular complexity index is 617. The summed E-state index contributed by atoms with van der Waals surface area (Å²) in [7, 11) is 0. The molecule has 2 aromatic rings. The van der Waals surface area contributed by atoms with Crippen LogP contribution >= 0.6 is 12.2 Å². The standard InChI is InChI=1S/C16H15N3S/c17-12-14-8-4-5-9-15(14)19-16(20)18-11-10-13-6-2-1-3-7-13/h1-9H,10-11H2,(H2,18,19,20). The Kier molecular flexibility index (Phi) is 5.10. The molecule has 20 heavy (non-hydrogen) atoms. The van der Waals surface area contributed by atoms with Crippen LogP contribution in [0.25, 0.3) is 0 Å². The van der Waals surface area contributed by atoms with Gasteiger partial charge in [-0.15, -0.1) is 0 Å². The minimum Gasteiger partial charge on any atom is -0.362 e. The van der Waals surface area contributed by atoms with Gasteiger partial charge >= 0.3 is 0 Å². The molecule has 0 aliphatic carbocycles. The highest BCUT2D eigenvalue weighted by molar-refractivity contribution is 7.80. The highest BCUT2D eigenvalue weighted by Crippen LogP contribution is 2.13. The maximum Gasteiger partial charge on any atom is 0.170 e. The second kappa shape index (κ2) is 7.27. The quantitative estimate of drug-likeness (QED) is 0.846. The van der Waals surface area contributed by atoms with Gasteiger partial charge in [0.25, 0.3) is 0 Å². The zero-order chi connectivity index (χ0) is 14.2. The molecule has 0 unspecified atom stereocenters. The normalized spacial score (nSPS) is 9.55. The summed E-state index contributed by atoms with van der Waals surface area (Å²) < 4.78 is 0. The van der Waals surface area contributed by atoms with E-state index in [1.165, 1.54) is 5.56 Å². The number of anilines is 1. The molecule has 3 nitrogen and oxygen atoms in total. The van der Waals surface area contributed by atoms with Gasteiger partial charge in [-0.1, -0.05) is 42.5 Å². The summed E-state index contributed by atoms with van der Waals surface area (Å²) in [6.07, 6.45) is 0.905. The molecule has 0 spiro atoms. The smallest absolute Gasteiger partial charge is 0.170 e. The van der Waals surface area contributed by atoms with Gasteiger partial charge in [0.2, 0.25) is 0 Å². The largest absolute Gasteiger partial charge is 0.362 e. The first-order chi connectivity index (χ1) is 9.79. The molecule has 2 N–H and O–H groups in total. The lowest BCUT2D eigenvalue weighted by molar-refractivity contribution is 0.873. The lowest BCUT2D eigenvalue weighted by Gasteiger charge is -2.11. The molecular formula is C16H15N3S. The van der Waals surface area contributed by atoms with E-state index in [4.69, 9.17) is 17.5 Å². The summed E-state index contributed by atoms with van der Waals surface area (Å²) in [4.78, 5) is 0. The minimum atomic E-state index is 0.531. The molecule has 0 atom stereocenters. The van der Waals surface area contributed by atoms with Crippen LogP contribution in [-0.2, 0) is 6.42 Å². The van der Waals surface area contributed by atoms with Gasteiger partial charge in [-0.3, -0.25) is 0 Å². The fraction of sp³-hybridized carbons (Fsp3) is 0.125. The first-order valence-electron chi connectivity index (χ1n) is 6.37. The molecule has 0 aliphatic rings. The molecule has 0 heterocycles. The van der Waals surface area contributed by atoms with Gasteiger partial charge < -0.3 is 10.6 Å². The number of thiocarbonyl (C=S) groups is 1. The maximum atomic E-state index is 9.00. The van der Waals surface area contributed by atoms with E-state index in [1.807, 2.05) is 36.4 Å². The van der Waals surface area contributed by atoms with Crippen LogP contribution in [-0.4, -0.2) is 11.7 Å². The van der Waals surface area contributed by atoms with Crippen LogP contribution in [0.4, 0.5) is 5.69 Å². The van der Waals surface area contributed by atoms with Crippen molar-refractivity contribution in [3.63, 3.8) is 0 Å². The molecule has 0 saturated carbocycles. The van der Waals surface area contributed by atoms with Crippen LogP contribution in [0.5, 0.6) is 0 Å². The van der Waals surface area contributed by atoms with Gasteiger partial charge in [-0.2, -0.15) is 5.26 Å². The zero-order valence-electron chi connectivity index (χ0n) is 11.0. The maximum absolute atomic E-state index is 9.00. The SMILES string of the molecule is N#Cc1ccccc1NC(=S)NCCc1ccccc1. The third-order valence-electron chi connectivity index (χ3n) is 2.84. The van der Waals surface area contributed by atoms with Crippen LogP contribution in [0.15, 0.2) is 54.6 Å². The van der Waals surface area contributed by atoms with Gasteiger partial charge in [-0.05, 0) is 36.3 Å². The number of benzene rings is 2. The second-order valence-corrected chi connectivity index (χ2v) is 4.68. The predicted molar refractivity (Wildman–Crippen MR) is 85.5 cm³/mol. The summed E-state index contributed by atoms with van der Waals surface area (Å²) in [6.45, 7) is 0.755. The van der Waals surface area contributed by atoms with Crippen molar-refractivity contribution in [2.45, 2.75) is 6.42 Å². The summed E-state index contributed by atoms with van der Waals surface area (Å²) in [5, 5.41) is 15.7. The molecule has 4 heteroatoms. The van der Waals surface area contributed by atoms with Crippen LogP contribution < -0.4 is 10.6 Å². The Morgan fingerprint density at radius 1 is 1.05 bits per heavy atom. The molecule has 0 radical (unpaired) electrons. The van der Waals surface area contributed by atoms with Crippen LogP contribution in [0, 0.1) is 11.3 Å². The Morgan fingerprint density at radius 3 is 2.50 bits per heavy atom. The van der Waals surface area contributed by atoms with Gasteiger partial charge in [0.05, 0.1) is 11.3 Å². The van der Waals surface area contributed by atoms with Crippen molar-refractivity contribution in [2.24, 2.45) is 0 Å². The monoisotopic (exact) mass is 281 g/mol. The number of hydrogen-bond donors (Lipinski definition) is 2. The highest BCUT2D eigenvalue weighted by Gasteiger charge is 2.02. The van der Waals surface area contributed by atoms with Gasteiger partial charge in [0.15, 0.2) is 5.11 Å². The van der Waals surface area contributed by atoms with Crippen molar-refractivity contribution < 1.29 is 0 Å². The van der Waals surface area contributed by atoms with E-state index in [2.05, 4.69) is 28.8 Å². The van der Waals surface area contributed by atoms with E-state index in [0.717, 1.165) is 18.7 Å². The molecule has 2 aromatic carbocycles. The molecule has 0 aliphatic heterocycles. The van der Waals surface area contributed by atoms with Gasteiger partial charge in [0.1, 0.15) is 6.07 Å². The number of nitrogens with zero attached hydrogens (tertiary/aromatic N) is 1. The average Bonchev–Trinajstić information content (AvgIpc) is 2.49. The minimum absolute atomic E-state index is 0.531. The molecule has 0 saturated heterocycles. The topological polar surface area (TPSA) is 47.9 Å². The summed E-state index contributed by atoms with van der Waals surface area (Å²) in [6, 6.07) is 19.6. The summed E-state index contributed by atoms with van der Waals surface area (Å²) in [5.41, 5.74) is 2.58. The molecule has 0 fully saturated rings. The van der Waals surface area contributed by atoms with E-state index in [1.54, 1.807) is 6.07 Å². The number of nitrogens with one attached hydrogen (secondary N) is 2. The van der Waals surface area contributed by atoms with E-state index in [-0.39, 0.29) is 0 Å². The van der Waals surface area contributed by atoms with Crippen molar-refractivity contribution >= 4 is 23.0 Å². The first-order valence-corrected chi connectivity index (χ1v) is 6.78. The van der Waals surface area contributed by atoms with E-state index >= 15 is 0 Å². The van der Waals surface area contributed by atoms with E-state index in [0.29, 0.717) is 10.7 Å². The molecule has 0 aromatic heterocycles. The van der Waals surface area contributed by atoms with Crippen molar-refractivity contribution in [1.82, 2.24) is 5.32 Å². The fourth-order valence-corrected chi connectivity index (χ4v) is 2.03. The van der Waals surface area contributed by atoms with E-state index in [9.17, 15) is 0 Å². The Morgan fingerprint density at radius 2 is 1.75 bits per heavy atom. The highest BCUT2D eigenvalue weighted by atomic mass is 32.1. The van der Waals surface area contributed by atoms with Crippen LogP contribution in [0.2, 0.25) is 0 Å². The van der Waals surface area contributed by atoms with Crippen molar-refractivity contribution in [3.8, 4) is 6.07 Å². The van der Waals surface area contributed by atoms with Crippen molar-refractivity contribution in [3.05, 3.63) is 65.7 Å². The van der Waals surface area contributed by atoms with Crippen LogP contribution in [0.1, 0.15) is 11.1 Å². The number of nitriles is 1. The van der Waals surface area contributed by atoms with Gasteiger partial charge in [-0.25, -0.2) is 0 Å². The molecule has 0 amide bonds. The van der Waals surface area contributed by atoms with Crippen LogP contribution in [0.3, 0.4) is 0 Å². The molecule has 100 valence electrons. The lowest BCUT2D eigenvalue weighted by atomic mass is 10.1. The second-order valence-electron chi connectivity index (χ2n) is 4.27. The lowest BCUT2D eigenvalue weighted by Crippen LogP contribution is -2.30. The average molecular weight is 281 g/mol. The Hall–Kier alpha value is -2.38. The summed E-state index contributed by atoms with van der Waals surface area (Å²) in [5.74, 6) is 0. The zero-order valence-corrected chi connectivity index (χ0v) is 11.8. The third-order valence-corrected chi connectivity index (χ3v) is 3.08. The predicted octanol–water partition coefficient (Wildman–Crippen LogP) is 3.09. The molecule has 2 rings (SSSR count). The van der Waals surface area contributed by atoms with E-state index < -0.39 is 0 Å². The van der Waals surface area contributed by atoms with Gasteiger partial charge in [0, 0.05) is 6.54 Å². The number of para-hydroxylation sites is 1.